The van der Waals surface area contributed by atoms with Gasteiger partial charge in [0.15, 0.2) is 11.6 Å². The van der Waals surface area contributed by atoms with Crippen LogP contribution in [0.5, 0.6) is 0 Å². The largest absolute Gasteiger partial charge is 0.377 e. The molecular weight excluding hydrogens is 268 g/mol. The third-order valence-electron chi connectivity index (χ3n) is 3.39. The number of ether oxygens (including phenoxy) is 2. The second-order valence-corrected chi connectivity index (χ2v) is 5.65. The summed E-state index contributed by atoms with van der Waals surface area (Å²) in [6.07, 6.45) is 0. The van der Waals surface area contributed by atoms with Crippen LogP contribution in [0.4, 0.5) is 5.69 Å². The molecular formula is C15H20N4O2. The van der Waals surface area contributed by atoms with E-state index in [0.29, 0.717) is 19.0 Å². The van der Waals surface area contributed by atoms with E-state index >= 15 is 0 Å². The molecule has 1 aliphatic heterocycles. The molecule has 1 fully saturated rings. The van der Waals surface area contributed by atoms with Gasteiger partial charge in [0, 0.05) is 11.3 Å². The molecule has 0 bridgehead atoms. The molecule has 112 valence electrons. The molecule has 21 heavy (non-hydrogen) atoms. The van der Waals surface area contributed by atoms with Crippen molar-refractivity contribution in [3.8, 4) is 11.4 Å². The number of nitrogens with zero attached hydrogens (tertiary/aromatic N) is 2. The smallest absolute Gasteiger partial charge is 0.183 e. The zero-order valence-corrected chi connectivity index (χ0v) is 12.5. The molecule has 1 saturated heterocycles. The fraction of sp³-hybridized carbons (Fsp3) is 0.467. The molecule has 6 nitrogen and oxygen atoms in total. The van der Waals surface area contributed by atoms with Gasteiger partial charge in [0.25, 0.3) is 0 Å². The van der Waals surface area contributed by atoms with E-state index in [4.69, 9.17) is 9.47 Å². The summed E-state index contributed by atoms with van der Waals surface area (Å²) in [5.74, 6) is 0.984. The number of hydrogen-bond acceptors (Lipinski definition) is 5. The highest BCUT2D eigenvalue weighted by atomic mass is 16.7. The highest BCUT2D eigenvalue weighted by Crippen LogP contribution is 2.27. The van der Waals surface area contributed by atoms with Crippen LogP contribution in [0.25, 0.3) is 11.4 Å². The number of para-hydroxylation sites is 1. The minimum Gasteiger partial charge on any atom is -0.377 e. The molecule has 2 aromatic rings. The van der Waals surface area contributed by atoms with Gasteiger partial charge in [0.05, 0.1) is 19.3 Å². The van der Waals surface area contributed by atoms with E-state index in [1.54, 1.807) is 0 Å². The Morgan fingerprint density at radius 3 is 2.62 bits per heavy atom. The summed E-state index contributed by atoms with van der Waals surface area (Å²) in [6.45, 7) is 6.95. The summed E-state index contributed by atoms with van der Waals surface area (Å²) >= 11 is 0. The summed E-state index contributed by atoms with van der Waals surface area (Å²) < 4.78 is 11.4. The average Bonchev–Trinajstić information content (AvgIpc) is 2.88. The Morgan fingerprint density at radius 1 is 1.24 bits per heavy atom. The maximum atomic E-state index is 5.68. The number of anilines is 1. The molecule has 0 spiro atoms. The van der Waals surface area contributed by atoms with Gasteiger partial charge in [0.1, 0.15) is 5.82 Å². The molecule has 3 rings (SSSR count). The maximum Gasteiger partial charge on any atom is 0.183 e. The number of benzene rings is 1. The molecule has 1 aliphatic rings. The highest BCUT2D eigenvalue weighted by molar-refractivity contribution is 5.73. The lowest BCUT2D eigenvalue weighted by molar-refractivity contribution is -0.247. The third-order valence-corrected chi connectivity index (χ3v) is 3.39. The van der Waals surface area contributed by atoms with Gasteiger partial charge in [-0.15, -0.1) is 0 Å². The third kappa shape index (κ3) is 3.22. The van der Waals surface area contributed by atoms with Gasteiger partial charge < -0.3 is 14.8 Å². The lowest BCUT2D eigenvalue weighted by Crippen LogP contribution is -2.45. The van der Waals surface area contributed by atoms with Crippen LogP contribution in [-0.2, 0) is 9.47 Å². The Labute approximate surface area is 123 Å². The van der Waals surface area contributed by atoms with Gasteiger partial charge in [-0.2, -0.15) is 5.10 Å². The van der Waals surface area contributed by atoms with Crippen molar-refractivity contribution in [1.82, 2.24) is 15.2 Å². The van der Waals surface area contributed by atoms with Crippen LogP contribution in [0.3, 0.4) is 0 Å². The molecule has 1 aromatic carbocycles. The first kappa shape index (κ1) is 14.0. The predicted octanol–water partition coefficient (Wildman–Crippen LogP) is 2.34. The first-order chi connectivity index (χ1) is 10.0. The molecule has 0 atom stereocenters. The molecule has 0 aliphatic carbocycles. The van der Waals surface area contributed by atoms with E-state index in [9.17, 15) is 0 Å². The van der Waals surface area contributed by atoms with Crippen molar-refractivity contribution in [2.24, 2.45) is 0 Å². The molecule has 1 aromatic heterocycles. The molecule has 2 N–H and O–H groups in total. The van der Waals surface area contributed by atoms with Gasteiger partial charge in [-0.25, -0.2) is 4.98 Å². The average molecular weight is 288 g/mol. The normalized spacial score (nSPS) is 18.6. The van der Waals surface area contributed by atoms with Gasteiger partial charge in [-0.05, 0) is 32.9 Å². The van der Waals surface area contributed by atoms with Crippen LogP contribution in [0.2, 0.25) is 0 Å². The zero-order valence-electron chi connectivity index (χ0n) is 12.5. The van der Waals surface area contributed by atoms with Crippen molar-refractivity contribution in [2.45, 2.75) is 32.6 Å². The number of rotatable bonds is 3. The van der Waals surface area contributed by atoms with Crippen molar-refractivity contribution < 1.29 is 9.47 Å². The van der Waals surface area contributed by atoms with Gasteiger partial charge in [-0.1, -0.05) is 12.1 Å². The molecule has 2 heterocycles. The van der Waals surface area contributed by atoms with Crippen LogP contribution < -0.4 is 5.32 Å². The SMILES string of the molecule is Cc1nc(-c2ccccc2NC2COC(C)(C)OC2)n[nH]1. The Balaban J connectivity index is 1.77. The fourth-order valence-electron chi connectivity index (χ4n) is 2.26. The van der Waals surface area contributed by atoms with Crippen LogP contribution in [-0.4, -0.2) is 40.2 Å². The summed E-state index contributed by atoms with van der Waals surface area (Å²) in [4.78, 5) is 4.39. The number of H-pyrrole nitrogens is 1. The van der Waals surface area contributed by atoms with Gasteiger partial charge in [-0.3, -0.25) is 5.10 Å². The quantitative estimate of drug-likeness (QED) is 0.907. The van der Waals surface area contributed by atoms with E-state index in [-0.39, 0.29) is 6.04 Å². The van der Waals surface area contributed by atoms with Crippen LogP contribution in [0, 0.1) is 6.92 Å². The van der Waals surface area contributed by atoms with Gasteiger partial charge in [0.2, 0.25) is 0 Å². The number of aryl methyl sites for hydroxylation is 1. The van der Waals surface area contributed by atoms with Crippen LogP contribution in [0.15, 0.2) is 24.3 Å². The standard InChI is InChI=1S/C15H20N4O2/c1-10-16-14(19-18-10)12-6-4-5-7-13(12)17-11-8-20-15(2,3)21-9-11/h4-7,11,17H,8-9H2,1-3H3,(H,16,18,19). The number of aromatic nitrogens is 3. The van der Waals surface area contributed by atoms with Crippen molar-refractivity contribution in [3.63, 3.8) is 0 Å². The number of nitrogens with one attached hydrogen (secondary N) is 2. The Kier molecular flexibility index (Phi) is 3.65. The highest BCUT2D eigenvalue weighted by Gasteiger charge is 2.28. The van der Waals surface area contributed by atoms with E-state index < -0.39 is 5.79 Å². The second-order valence-electron chi connectivity index (χ2n) is 5.65. The van der Waals surface area contributed by atoms with Gasteiger partial charge >= 0.3 is 0 Å². The summed E-state index contributed by atoms with van der Waals surface area (Å²) in [6, 6.07) is 8.09. The summed E-state index contributed by atoms with van der Waals surface area (Å²) in [7, 11) is 0. The minimum absolute atomic E-state index is 0.110. The fourth-order valence-corrected chi connectivity index (χ4v) is 2.26. The van der Waals surface area contributed by atoms with E-state index in [1.165, 1.54) is 0 Å². The molecule has 0 amide bonds. The van der Waals surface area contributed by atoms with E-state index in [0.717, 1.165) is 17.1 Å². The summed E-state index contributed by atoms with van der Waals surface area (Å²) in [5, 5.41) is 10.5. The van der Waals surface area contributed by atoms with Crippen molar-refractivity contribution in [3.05, 3.63) is 30.1 Å². The number of hydrogen-bond donors (Lipinski definition) is 2. The first-order valence-electron chi connectivity index (χ1n) is 7.06. The van der Waals surface area contributed by atoms with Crippen molar-refractivity contribution in [2.75, 3.05) is 18.5 Å². The van der Waals surface area contributed by atoms with Crippen molar-refractivity contribution in [1.29, 1.82) is 0 Å². The monoisotopic (exact) mass is 288 g/mol. The maximum absolute atomic E-state index is 5.68. The minimum atomic E-state index is -0.501. The van der Waals surface area contributed by atoms with Crippen molar-refractivity contribution >= 4 is 5.69 Å². The predicted molar refractivity (Wildman–Crippen MR) is 79.9 cm³/mol. The first-order valence-corrected chi connectivity index (χ1v) is 7.06. The Bertz CT molecular complexity index is 614. The van der Waals surface area contributed by atoms with E-state index in [1.807, 2.05) is 45.0 Å². The zero-order chi connectivity index (χ0) is 14.9. The molecule has 6 heteroatoms. The van der Waals surface area contributed by atoms with E-state index in [2.05, 4.69) is 20.5 Å². The number of aromatic amines is 1. The van der Waals surface area contributed by atoms with Crippen LogP contribution in [0.1, 0.15) is 19.7 Å². The second kappa shape index (κ2) is 5.46. The Hall–Kier alpha value is -1.92. The topological polar surface area (TPSA) is 72.1 Å². The lowest BCUT2D eigenvalue weighted by atomic mass is 10.1. The molecule has 0 radical (unpaired) electrons. The summed E-state index contributed by atoms with van der Waals surface area (Å²) in [5.41, 5.74) is 1.94. The van der Waals surface area contributed by atoms with Crippen LogP contribution >= 0.6 is 0 Å². The molecule has 0 saturated carbocycles. The Morgan fingerprint density at radius 2 is 1.95 bits per heavy atom. The lowest BCUT2D eigenvalue weighted by Gasteiger charge is -2.35. The molecule has 0 unspecified atom stereocenters.